The summed E-state index contributed by atoms with van der Waals surface area (Å²) in [5, 5.41) is 4.60. The predicted molar refractivity (Wildman–Crippen MR) is 104 cm³/mol. The Labute approximate surface area is 159 Å². The van der Waals surface area contributed by atoms with Crippen LogP contribution in [0, 0.1) is 0 Å². The Balaban J connectivity index is 2.05. The number of nitrogens with one attached hydrogen (secondary N) is 1. The number of amides is 1. The Morgan fingerprint density at radius 3 is 2.38 bits per heavy atom. The second-order valence-corrected chi connectivity index (χ2v) is 6.28. The van der Waals surface area contributed by atoms with E-state index in [1.807, 2.05) is 24.3 Å². The van der Waals surface area contributed by atoms with Crippen LogP contribution in [0.15, 0.2) is 59.1 Å². The van der Waals surface area contributed by atoms with Crippen LogP contribution in [0.1, 0.15) is 20.7 Å². The molecule has 6 heteroatoms. The SMILES string of the molecule is COC(=O)c1ccccc1NC(=O)c1cc2ccccc2c(Br)c1OC. The first-order valence-corrected chi connectivity index (χ1v) is 8.60. The second-order valence-electron chi connectivity index (χ2n) is 5.48. The van der Waals surface area contributed by atoms with E-state index in [9.17, 15) is 9.59 Å². The molecular formula is C20H16BrNO4. The van der Waals surface area contributed by atoms with Gasteiger partial charge in [-0.2, -0.15) is 0 Å². The molecule has 0 fully saturated rings. The lowest BCUT2D eigenvalue weighted by molar-refractivity contribution is 0.0602. The Bertz CT molecular complexity index is 1000. The normalized spacial score (nSPS) is 10.4. The topological polar surface area (TPSA) is 64.6 Å². The van der Waals surface area contributed by atoms with Crippen molar-refractivity contribution in [2.75, 3.05) is 19.5 Å². The molecule has 5 nitrogen and oxygen atoms in total. The third-order valence-corrected chi connectivity index (χ3v) is 4.76. The smallest absolute Gasteiger partial charge is 0.339 e. The number of rotatable bonds is 4. The molecule has 1 N–H and O–H groups in total. The number of fused-ring (bicyclic) bond motifs is 1. The molecule has 0 aliphatic heterocycles. The van der Waals surface area contributed by atoms with E-state index >= 15 is 0 Å². The van der Waals surface area contributed by atoms with Gasteiger partial charge in [0, 0.05) is 0 Å². The highest BCUT2D eigenvalue weighted by Crippen LogP contribution is 2.37. The van der Waals surface area contributed by atoms with Gasteiger partial charge in [0.1, 0.15) is 5.75 Å². The first-order valence-electron chi connectivity index (χ1n) is 7.80. The summed E-state index contributed by atoms with van der Waals surface area (Å²) in [6, 6.07) is 16.1. The van der Waals surface area contributed by atoms with Crippen molar-refractivity contribution in [3.63, 3.8) is 0 Å². The predicted octanol–water partition coefficient (Wildman–Crippen LogP) is 4.65. The van der Waals surface area contributed by atoms with E-state index < -0.39 is 5.97 Å². The van der Waals surface area contributed by atoms with E-state index in [2.05, 4.69) is 21.2 Å². The number of hydrogen-bond donors (Lipinski definition) is 1. The summed E-state index contributed by atoms with van der Waals surface area (Å²) in [5.41, 5.74) is 1.01. The maximum absolute atomic E-state index is 12.9. The molecule has 0 saturated carbocycles. The van der Waals surface area contributed by atoms with Gasteiger partial charge in [-0.25, -0.2) is 4.79 Å². The highest BCUT2D eigenvalue weighted by molar-refractivity contribution is 9.10. The van der Waals surface area contributed by atoms with Crippen molar-refractivity contribution in [3.8, 4) is 5.75 Å². The number of anilines is 1. The standard InChI is InChI=1S/C20H16BrNO4/c1-25-18-15(11-12-7-3-4-8-13(12)17(18)21)19(23)22-16-10-6-5-9-14(16)20(24)26-2/h3-11H,1-2H3,(H,22,23). The molecule has 0 aliphatic carbocycles. The summed E-state index contributed by atoms with van der Waals surface area (Å²) in [6.07, 6.45) is 0. The van der Waals surface area contributed by atoms with Gasteiger partial charge in [0.2, 0.25) is 0 Å². The summed E-state index contributed by atoms with van der Waals surface area (Å²) in [4.78, 5) is 24.8. The quantitative estimate of drug-likeness (QED) is 0.632. The molecule has 0 bridgehead atoms. The molecule has 0 aromatic heterocycles. The zero-order valence-corrected chi connectivity index (χ0v) is 15.8. The number of carbonyl (C=O) groups is 2. The fraction of sp³-hybridized carbons (Fsp3) is 0.100. The molecule has 26 heavy (non-hydrogen) atoms. The van der Waals surface area contributed by atoms with Crippen LogP contribution in [0.5, 0.6) is 5.75 Å². The molecule has 132 valence electrons. The lowest BCUT2D eigenvalue weighted by Crippen LogP contribution is -2.16. The number of carbonyl (C=O) groups excluding carboxylic acids is 2. The summed E-state index contributed by atoms with van der Waals surface area (Å²) in [7, 11) is 2.80. The van der Waals surface area contributed by atoms with E-state index in [0.717, 1.165) is 10.8 Å². The number of methoxy groups -OCH3 is 2. The molecule has 3 aromatic carbocycles. The molecule has 3 aromatic rings. The second kappa shape index (κ2) is 7.58. The van der Waals surface area contributed by atoms with Crippen LogP contribution in [0.4, 0.5) is 5.69 Å². The van der Waals surface area contributed by atoms with Crippen molar-refractivity contribution in [2.45, 2.75) is 0 Å². The molecule has 0 aliphatic rings. The van der Waals surface area contributed by atoms with Crippen molar-refractivity contribution in [1.29, 1.82) is 0 Å². The Kier molecular flexibility index (Phi) is 5.23. The number of halogens is 1. The number of benzene rings is 3. The largest absolute Gasteiger partial charge is 0.495 e. The average Bonchev–Trinajstić information content (AvgIpc) is 2.67. The minimum Gasteiger partial charge on any atom is -0.495 e. The van der Waals surface area contributed by atoms with Crippen LogP contribution in [0.2, 0.25) is 0 Å². The van der Waals surface area contributed by atoms with E-state index in [4.69, 9.17) is 9.47 Å². The number of hydrogen-bond acceptors (Lipinski definition) is 4. The zero-order valence-electron chi connectivity index (χ0n) is 14.2. The van der Waals surface area contributed by atoms with Gasteiger partial charge >= 0.3 is 5.97 Å². The number of esters is 1. The molecule has 0 saturated heterocycles. The highest BCUT2D eigenvalue weighted by Gasteiger charge is 2.20. The Morgan fingerprint density at radius 1 is 0.962 bits per heavy atom. The van der Waals surface area contributed by atoms with Crippen molar-refractivity contribution >= 4 is 44.3 Å². The van der Waals surface area contributed by atoms with Crippen molar-refractivity contribution in [2.24, 2.45) is 0 Å². The molecule has 0 radical (unpaired) electrons. The maximum Gasteiger partial charge on any atom is 0.339 e. The van der Waals surface area contributed by atoms with Crippen LogP contribution in [-0.4, -0.2) is 26.1 Å². The van der Waals surface area contributed by atoms with Gasteiger partial charge in [-0.15, -0.1) is 0 Å². The lowest BCUT2D eigenvalue weighted by Gasteiger charge is -2.14. The van der Waals surface area contributed by atoms with E-state index in [-0.39, 0.29) is 11.5 Å². The van der Waals surface area contributed by atoms with E-state index in [0.29, 0.717) is 21.5 Å². The fourth-order valence-corrected chi connectivity index (χ4v) is 3.46. The fourth-order valence-electron chi connectivity index (χ4n) is 2.72. The van der Waals surface area contributed by atoms with Crippen LogP contribution < -0.4 is 10.1 Å². The van der Waals surface area contributed by atoms with Crippen LogP contribution >= 0.6 is 15.9 Å². The maximum atomic E-state index is 12.9. The van der Waals surface area contributed by atoms with Gasteiger partial charge in [-0.3, -0.25) is 4.79 Å². The van der Waals surface area contributed by atoms with Crippen LogP contribution in [-0.2, 0) is 4.74 Å². The Morgan fingerprint density at radius 2 is 1.65 bits per heavy atom. The Hall–Kier alpha value is -2.86. The van der Waals surface area contributed by atoms with Gasteiger partial charge < -0.3 is 14.8 Å². The van der Waals surface area contributed by atoms with Gasteiger partial charge in [0.05, 0.1) is 35.5 Å². The molecule has 0 atom stereocenters. The van der Waals surface area contributed by atoms with E-state index in [1.54, 1.807) is 30.3 Å². The minimum atomic E-state index is -0.521. The van der Waals surface area contributed by atoms with Crippen molar-refractivity contribution < 1.29 is 19.1 Å². The van der Waals surface area contributed by atoms with Crippen molar-refractivity contribution in [1.82, 2.24) is 0 Å². The summed E-state index contributed by atoms with van der Waals surface area (Å²) in [6.45, 7) is 0. The van der Waals surface area contributed by atoms with Gasteiger partial charge in [0.25, 0.3) is 5.91 Å². The van der Waals surface area contributed by atoms with Crippen LogP contribution in [0.25, 0.3) is 10.8 Å². The van der Waals surface area contributed by atoms with E-state index in [1.165, 1.54) is 14.2 Å². The first kappa shape index (κ1) is 17.9. The minimum absolute atomic E-state index is 0.280. The molecule has 1 amide bonds. The monoisotopic (exact) mass is 413 g/mol. The molecule has 0 unspecified atom stereocenters. The summed E-state index contributed by atoms with van der Waals surface area (Å²) < 4.78 is 10.9. The summed E-state index contributed by atoms with van der Waals surface area (Å²) in [5.74, 6) is -0.478. The number of para-hydroxylation sites is 1. The molecule has 0 spiro atoms. The number of ether oxygens (including phenoxy) is 2. The molecule has 3 rings (SSSR count). The average molecular weight is 414 g/mol. The molecular weight excluding hydrogens is 398 g/mol. The summed E-state index contributed by atoms with van der Waals surface area (Å²) >= 11 is 3.52. The van der Waals surface area contributed by atoms with Crippen LogP contribution in [0.3, 0.4) is 0 Å². The first-order chi connectivity index (χ1) is 12.6. The third kappa shape index (κ3) is 3.28. The van der Waals surface area contributed by atoms with Gasteiger partial charge in [0.15, 0.2) is 0 Å². The van der Waals surface area contributed by atoms with Crippen molar-refractivity contribution in [3.05, 3.63) is 70.2 Å². The van der Waals surface area contributed by atoms with Gasteiger partial charge in [-0.05, 0) is 44.9 Å². The lowest BCUT2D eigenvalue weighted by atomic mass is 10.0. The zero-order chi connectivity index (χ0) is 18.7. The highest BCUT2D eigenvalue weighted by atomic mass is 79.9. The molecule has 0 heterocycles. The van der Waals surface area contributed by atoms with Gasteiger partial charge in [-0.1, -0.05) is 36.4 Å². The third-order valence-electron chi connectivity index (χ3n) is 3.97.